The quantitative estimate of drug-likeness (QED) is 0.131. The third-order valence-corrected chi connectivity index (χ3v) is 20.0. The van der Waals surface area contributed by atoms with Crippen LogP contribution in [-0.2, 0) is 57.4 Å². The third kappa shape index (κ3) is 18.1. The highest BCUT2D eigenvalue weighted by Gasteiger charge is 2.70. The van der Waals surface area contributed by atoms with E-state index in [2.05, 4.69) is 62.1 Å². The van der Waals surface area contributed by atoms with Crippen molar-refractivity contribution < 1.29 is 62.5 Å². The second kappa shape index (κ2) is 31.9. The molecule has 2 unspecified atom stereocenters. The molecule has 4 heterocycles. The summed E-state index contributed by atoms with van der Waals surface area (Å²) in [4.78, 5) is 136. The van der Waals surface area contributed by atoms with Gasteiger partial charge < -0.3 is 34.6 Å². The molecule has 2 saturated carbocycles. The van der Waals surface area contributed by atoms with Gasteiger partial charge in [0.25, 0.3) is 0 Å². The minimum Gasteiger partial charge on any atom is -0.469 e. The summed E-state index contributed by atoms with van der Waals surface area (Å²) in [6.07, 6.45) is 19.3. The first-order chi connectivity index (χ1) is 40.8. The third-order valence-electron chi connectivity index (χ3n) is 20.0. The number of ether oxygens (including phenoxy) is 2. The fourth-order valence-corrected chi connectivity index (χ4v) is 14.4. The Labute approximate surface area is 511 Å². The molecular weight excluding hydrogens is 1090 g/mol. The summed E-state index contributed by atoms with van der Waals surface area (Å²) >= 11 is 0. The normalized spacial score (nSPS) is 29.1. The lowest BCUT2D eigenvalue weighted by Gasteiger charge is -2.33. The molecule has 4 fully saturated rings. The number of aliphatic hydroxyl groups excluding tert-OH is 1. The molecule has 476 valence electrons. The Morgan fingerprint density at radius 2 is 1.07 bits per heavy atom. The molecule has 2 aliphatic carbocycles. The summed E-state index contributed by atoms with van der Waals surface area (Å²) in [6, 6.07) is 7.00. The number of benzene rings is 1. The molecule has 2 saturated heterocycles. The van der Waals surface area contributed by atoms with Crippen molar-refractivity contribution in [2.75, 3.05) is 34.3 Å². The molecule has 86 heavy (non-hydrogen) atoms. The van der Waals surface area contributed by atoms with Gasteiger partial charge in [-0.2, -0.15) is 0 Å². The second-order valence-corrected chi connectivity index (χ2v) is 27.1. The zero-order chi connectivity index (χ0) is 63.0. The molecule has 0 aromatic heterocycles. The maximum atomic E-state index is 14.1. The van der Waals surface area contributed by atoms with Crippen LogP contribution in [0.4, 0.5) is 0 Å². The Hall–Kier alpha value is -5.84. The number of piperidine rings is 2. The summed E-state index contributed by atoms with van der Waals surface area (Å²) in [6.45, 7) is 15.0. The number of nitrogens with zero attached hydrogens (tertiary/aromatic N) is 3. The van der Waals surface area contributed by atoms with Gasteiger partial charge >= 0.3 is 11.9 Å². The van der Waals surface area contributed by atoms with Crippen LogP contribution in [0, 0.1) is 58.2 Å². The second-order valence-electron chi connectivity index (χ2n) is 27.1. The zero-order valence-electron chi connectivity index (χ0n) is 53.4. The number of carbonyl (C=O) groups excluding carboxylic acids is 10. The number of rotatable bonds is 14. The minimum atomic E-state index is -1.40. The average Bonchev–Trinajstić information content (AvgIpc) is 1.74. The fourth-order valence-electron chi connectivity index (χ4n) is 14.4. The number of aliphatic hydroxyl groups is 1. The number of nitrogens with one attached hydrogen (secondary N) is 1. The van der Waals surface area contributed by atoms with E-state index in [0.717, 1.165) is 89.9 Å². The first kappa shape index (κ1) is 69.3. The highest BCUT2D eigenvalue weighted by Crippen LogP contribution is 2.66. The van der Waals surface area contributed by atoms with E-state index in [1.165, 1.54) is 18.9 Å². The van der Waals surface area contributed by atoms with Gasteiger partial charge in [0.1, 0.15) is 12.1 Å². The van der Waals surface area contributed by atoms with Crippen LogP contribution in [-0.4, -0.2) is 137 Å². The molecule has 7 rings (SSSR count). The molecule has 0 bridgehead atoms. The monoisotopic (exact) mass is 1190 g/mol. The van der Waals surface area contributed by atoms with Gasteiger partial charge in [0, 0.05) is 84.0 Å². The van der Waals surface area contributed by atoms with E-state index in [9.17, 15) is 53.1 Å². The van der Waals surface area contributed by atoms with Crippen molar-refractivity contribution in [2.45, 2.75) is 220 Å². The van der Waals surface area contributed by atoms with E-state index in [1.807, 2.05) is 24.8 Å². The van der Waals surface area contributed by atoms with Crippen LogP contribution < -0.4 is 5.32 Å². The van der Waals surface area contributed by atoms with Crippen LogP contribution in [0.15, 0.2) is 54.6 Å². The molecule has 13 atom stereocenters. The first-order valence-corrected chi connectivity index (χ1v) is 32.3. The summed E-state index contributed by atoms with van der Waals surface area (Å²) in [7, 11) is 4.49. The average molecular weight is 1200 g/mol. The van der Waals surface area contributed by atoms with Crippen LogP contribution in [0.25, 0.3) is 0 Å². The molecule has 6 aliphatic rings. The Bertz CT molecular complexity index is 2610. The topological polar surface area (TPSA) is 231 Å². The first-order valence-electron chi connectivity index (χ1n) is 32.3. The Morgan fingerprint density at radius 1 is 0.628 bits per heavy atom. The molecule has 17 heteroatoms. The number of fused-ring (bicyclic) bond motifs is 6. The number of carbonyl (C=O) groups is 10. The molecule has 0 radical (unpaired) electrons. The van der Waals surface area contributed by atoms with E-state index < -0.39 is 65.8 Å². The highest BCUT2D eigenvalue weighted by atomic mass is 16.5. The minimum absolute atomic E-state index is 0.00805. The standard InChI is InChI=1S/C38H55N3O6.C31H47NO7/c1-25-17-13-10-8-6-7-9-11-14-20-27(23-30(43)34-32-28(38(32,2)3)24-41(34)36(25)46)35(45)29(42)21-22-31(44)39-33(37(47)40(4)5)26-18-15-12-16-19-26;1-20-14-12-10-8-6-7-9-11-13-15-22(29(39-21(2)33)24(34)16-17-26(36)38-5)18-25(35)28-27-23(31(27,3)4)19-32(28)30(20)37/h6-7,12,15-16,18-19,25,27-28,32-35,45H,8-11,13-14,17,20-24H2,1-5H3,(H,39,44);6-7,20,22-23,27-29H,8-19H2,1-5H3/t25-,27+,28-,32-,33-,34+,35?;20-,22+,23-,27-,28+,29?/m00/s1. The number of hydrogen-bond donors (Lipinski definition) is 2. The lowest BCUT2D eigenvalue weighted by atomic mass is 9.84. The van der Waals surface area contributed by atoms with Gasteiger partial charge in [-0.25, -0.2) is 0 Å². The fraction of sp³-hybridized carbons (Fsp3) is 0.710. The summed E-state index contributed by atoms with van der Waals surface area (Å²) < 4.78 is 10.2. The smallest absolute Gasteiger partial charge is 0.305 e. The van der Waals surface area contributed by atoms with Crippen molar-refractivity contribution in [3.63, 3.8) is 0 Å². The van der Waals surface area contributed by atoms with Crippen LogP contribution in [0.2, 0.25) is 0 Å². The SMILES string of the molecule is COC(=O)CCC(=O)C(OC(C)=O)[C@@H]1CCCCC=CCCCC[C@H](C)C(=O)N2C[C@H]3[C@@H]([C@H]2C(=O)C1)C3(C)C.C[C@H]1CCCCC=CCCCC[C@@H](C(O)C(=O)CCC(=O)N[C@H](C(=O)N(C)C)c2ccccc2)CC(=O)[C@@H]2[C@@H]3[C@H](CN2C1=O)C3(C)C. The maximum Gasteiger partial charge on any atom is 0.305 e. The van der Waals surface area contributed by atoms with Crippen molar-refractivity contribution in [3.05, 3.63) is 60.2 Å². The highest BCUT2D eigenvalue weighted by molar-refractivity contribution is 5.95. The van der Waals surface area contributed by atoms with Crippen molar-refractivity contribution in [3.8, 4) is 0 Å². The molecule has 4 amide bonds. The lowest BCUT2D eigenvalue weighted by Crippen LogP contribution is -2.48. The number of ketones is 4. The van der Waals surface area contributed by atoms with Crippen LogP contribution >= 0.6 is 0 Å². The number of Topliss-reactive ketones (excluding diaryl/α,β-unsaturated/α-hetero) is 4. The lowest BCUT2D eigenvalue weighted by molar-refractivity contribution is -0.158. The predicted octanol–water partition coefficient (Wildman–Crippen LogP) is 9.85. The number of hydrogen-bond acceptors (Lipinski definition) is 13. The Kier molecular flexibility index (Phi) is 25.7. The van der Waals surface area contributed by atoms with E-state index in [0.29, 0.717) is 37.4 Å². The largest absolute Gasteiger partial charge is 0.469 e. The molecular formula is C69H102N4O13. The van der Waals surface area contributed by atoms with E-state index in [-0.39, 0.29) is 114 Å². The van der Waals surface area contributed by atoms with Crippen LogP contribution in [0.5, 0.6) is 0 Å². The van der Waals surface area contributed by atoms with Gasteiger partial charge in [0.15, 0.2) is 29.2 Å². The summed E-state index contributed by atoms with van der Waals surface area (Å²) in [5.74, 6) is -3.43. The van der Waals surface area contributed by atoms with Gasteiger partial charge in [-0.1, -0.05) is 122 Å². The molecule has 0 spiro atoms. The molecule has 17 nitrogen and oxygen atoms in total. The number of methoxy groups -OCH3 is 1. The summed E-state index contributed by atoms with van der Waals surface area (Å²) in [5, 5.41) is 14.1. The predicted molar refractivity (Wildman–Crippen MR) is 327 cm³/mol. The van der Waals surface area contributed by atoms with Crippen LogP contribution in [0.1, 0.15) is 201 Å². The molecule has 1 aromatic carbocycles. The molecule has 1 aromatic rings. The van der Waals surface area contributed by atoms with Gasteiger partial charge in [0.2, 0.25) is 23.6 Å². The number of likely N-dealkylation sites (N-methyl/N-ethyl adjacent to an activating group) is 1. The van der Waals surface area contributed by atoms with Gasteiger partial charge in [-0.05, 0) is 123 Å². The van der Waals surface area contributed by atoms with E-state index in [4.69, 9.17) is 4.74 Å². The number of esters is 2. The van der Waals surface area contributed by atoms with Crippen molar-refractivity contribution in [1.82, 2.24) is 20.0 Å². The Balaban J connectivity index is 0.000000280. The van der Waals surface area contributed by atoms with E-state index in [1.54, 1.807) is 43.3 Å². The molecule has 4 aliphatic heterocycles. The van der Waals surface area contributed by atoms with Gasteiger partial charge in [-0.3, -0.25) is 47.9 Å². The van der Waals surface area contributed by atoms with Gasteiger partial charge in [-0.15, -0.1) is 0 Å². The van der Waals surface area contributed by atoms with Crippen molar-refractivity contribution >= 4 is 58.7 Å². The van der Waals surface area contributed by atoms with Crippen molar-refractivity contribution in [1.29, 1.82) is 0 Å². The van der Waals surface area contributed by atoms with Gasteiger partial charge in [0.05, 0.1) is 25.6 Å². The molecule has 2 N–H and O–H groups in total. The maximum absolute atomic E-state index is 14.1. The number of allylic oxidation sites excluding steroid dienone is 4. The number of amides is 4. The van der Waals surface area contributed by atoms with Crippen molar-refractivity contribution in [2.24, 2.45) is 58.2 Å². The Morgan fingerprint density at radius 3 is 1.52 bits per heavy atom. The zero-order valence-corrected chi connectivity index (χ0v) is 53.4. The van der Waals surface area contributed by atoms with Crippen LogP contribution in [0.3, 0.4) is 0 Å². The van der Waals surface area contributed by atoms with E-state index >= 15 is 0 Å². The summed E-state index contributed by atoms with van der Waals surface area (Å²) in [5.41, 5.74) is 0.607.